The third-order valence-electron chi connectivity index (χ3n) is 3.97. The number of nitrogens with two attached hydrogens (primary N) is 1. The molecule has 1 saturated heterocycles. The summed E-state index contributed by atoms with van der Waals surface area (Å²) in [4.78, 5) is 24.0. The lowest BCUT2D eigenvalue weighted by molar-refractivity contribution is 0.100. The average Bonchev–Trinajstić information content (AvgIpc) is 2.61. The van der Waals surface area contributed by atoms with E-state index in [9.17, 15) is 4.79 Å². The highest BCUT2D eigenvalue weighted by Crippen LogP contribution is 2.21. The highest BCUT2D eigenvalue weighted by molar-refractivity contribution is 5.98. The summed E-state index contributed by atoms with van der Waals surface area (Å²) in [6, 6.07) is 1.77. The molecule has 0 spiro atoms. The molecule has 0 aliphatic carbocycles. The number of hydrogen-bond donors (Lipinski definition) is 4. The number of rotatable bonds is 6. The first-order chi connectivity index (χ1) is 11.7. The van der Waals surface area contributed by atoms with Crippen molar-refractivity contribution in [3.05, 3.63) is 36.4 Å². The highest BCUT2D eigenvalue weighted by atomic mass is 16.1. The number of carbonyl (C=O) groups excluding carboxylic acids is 1. The van der Waals surface area contributed by atoms with Crippen molar-refractivity contribution >= 4 is 23.2 Å². The molecule has 2 aromatic heterocycles. The summed E-state index contributed by atoms with van der Waals surface area (Å²) in [5, 5.41) is 9.77. The minimum absolute atomic E-state index is 0.378. The van der Waals surface area contributed by atoms with Crippen LogP contribution in [0.25, 0.3) is 0 Å². The molecule has 0 saturated carbocycles. The fourth-order valence-electron chi connectivity index (χ4n) is 2.71. The summed E-state index contributed by atoms with van der Waals surface area (Å²) in [6.07, 6.45) is 8.61. The van der Waals surface area contributed by atoms with Crippen molar-refractivity contribution in [3.8, 4) is 0 Å². The van der Waals surface area contributed by atoms with E-state index in [1.807, 2.05) is 0 Å². The zero-order valence-electron chi connectivity index (χ0n) is 13.3. The van der Waals surface area contributed by atoms with E-state index in [-0.39, 0.29) is 0 Å². The predicted octanol–water partition coefficient (Wildman–Crippen LogP) is 1.13. The van der Waals surface area contributed by atoms with Gasteiger partial charge in [-0.2, -0.15) is 0 Å². The van der Waals surface area contributed by atoms with E-state index < -0.39 is 5.91 Å². The second-order valence-corrected chi connectivity index (χ2v) is 5.79. The van der Waals surface area contributed by atoms with Gasteiger partial charge < -0.3 is 21.7 Å². The first-order valence-electron chi connectivity index (χ1n) is 8.00. The van der Waals surface area contributed by atoms with Crippen LogP contribution in [0.1, 0.15) is 23.2 Å². The highest BCUT2D eigenvalue weighted by Gasteiger charge is 2.15. The second kappa shape index (κ2) is 7.69. The average molecular weight is 327 g/mol. The van der Waals surface area contributed by atoms with Gasteiger partial charge in [-0.25, -0.2) is 9.97 Å². The first-order valence-corrected chi connectivity index (χ1v) is 8.00. The van der Waals surface area contributed by atoms with Crippen LogP contribution in [0.3, 0.4) is 0 Å². The lowest BCUT2D eigenvalue weighted by atomic mass is 9.99. The smallest absolute Gasteiger partial charge is 0.252 e. The van der Waals surface area contributed by atoms with E-state index in [0.29, 0.717) is 28.8 Å². The van der Waals surface area contributed by atoms with Crippen LogP contribution in [0.4, 0.5) is 17.3 Å². The van der Waals surface area contributed by atoms with Gasteiger partial charge in [-0.05, 0) is 31.8 Å². The Kier molecular flexibility index (Phi) is 5.17. The topological polar surface area (TPSA) is 118 Å². The number of nitrogens with zero attached hydrogens (tertiary/aromatic N) is 3. The molecule has 8 nitrogen and oxygen atoms in total. The third kappa shape index (κ3) is 4.17. The van der Waals surface area contributed by atoms with Gasteiger partial charge >= 0.3 is 0 Å². The molecule has 126 valence electrons. The van der Waals surface area contributed by atoms with Crippen LogP contribution in [-0.4, -0.2) is 40.5 Å². The molecule has 1 aliphatic rings. The van der Waals surface area contributed by atoms with Crippen molar-refractivity contribution in [2.75, 3.05) is 30.3 Å². The Bertz CT molecular complexity index is 686. The lowest BCUT2D eigenvalue weighted by Gasteiger charge is -2.24. The minimum atomic E-state index is -0.502. The Hall–Kier alpha value is -2.74. The molecule has 1 aliphatic heterocycles. The Morgan fingerprint density at radius 1 is 1.29 bits per heavy atom. The van der Waals surface area contributed by atoms with Crippen molar-refractivity contribution in [2.45, 2.75) is 12.8 Å². The van der Waals surface area contributed by atoms with Gasteiger partial charge in [0.25, 0.3) is 5.91 Å². The van der Waals surface area contributed by atoms with Crippen molar-refractivity contribution < 1.29 is 4.79 Å². The number of pyridine rings is 1. The summed E-state index contributed by atoms with van der Waals surface area (Å²) in [5.74, 6) is 1.19. The number of aromatic nitrogens is 3. The summed E-state index contributed by atoms with van der Waals surface area (Å²) < 4.78 is 0. The minimum Gasteiger partial charge on any atom is -0.384 e. The first kappa shape index (κ1) is 16.1. The van der Waals surface area contributed by atoms with E-state index in [1.165, 1.54) is 19.0 Å². The van der Waals surface area contributed by atoms with E-state index in [1.54, 1.807) is 24.7 Å². The Morgan fingerprint density at radius 2 is 2.21 bits per heavy atom. The van der Waals surface area contributed by atoms with Gasteiger partial charge in [0.2, 0.25) is 0 Å². The molecule has 24 heavy (non-hydrogen) atoms. The van der Waals surface area contributed by atoms with E-state index in [0.717, 1.165) is 19.6 Å². The maximum atomic E-state index is 11.6. The predicted molar refractivity (Wildman–Crippen MR) is 92.2 cm³/mol. The van der Waals surface area contributed by atoms with E-state index in [2.05, 4.69) is 30.9 Å². The molecule has 1 amide bonds. The van der Waals surface area contributed by atoms with Crippen LogP contribution >= 0.6 is 0 Å². The Morgan fingerprint density at radius 3 is 2.92 bits per heavy atom. The van der Waals surface area contributed by atoms with Gasteiger partial charge in [-0.3, -0.25) is 9.78 Å². The summed E-state index contributed by atoms with van der Waals surface area (Å²) in [5.41, 5.74) is 6.51. The molecular formula is C16H21N7O. The Balaban J connectivity index is 1.74. The zero-order chi connectivity index (χ0) is 16.8. The normalized spacial score (nSPS) is 17.2. The second-order valence-electron chi connectivity index (χ2n) is 5.79. The van der Waals surface area contributed by atoms with Crippen molar-refractivity contribution in [1.82, 2.24) is 20.3 Å². The number of primary amides is 1. The summed E-state index contributed by atoms with van der Waals surface area (Å²) in [7, 11) is 0. The monoisotopic (exact) mass is 327 g/mol. The fourth-order valence-corrected chi connectivity index (χ4v) is 2.71. The molecule has 1 unspecified atom stereocenters. The van der Waals surface area contributed by atoms with Crippen molar-refractivity contribution in [3.63, 3.8) is 0 Å². The van der Waals surface area contributed by atoms with E-state index in [4.69, 9.17) is 5.73 Å². The van der Waals surface area contributed by atoms with Crippen LogP contribution in [0, 0.1) is 5.92 Å². The molecule has 2 aromatic rings. The molecule has 3 heterocycles. The number of hydrogen-bond acceptors (Lipinski definition) is 7. The Labute approximate surface area is 140 Å². The van der Waals surface area contributed by atoms with Gasteiger partial charge in [-0.15, -0.1) is 0 Å². The van der Waals surface area contributed by atoms with E-state index >= 15 is 0 Å². The number of nitrogens with one attached hydrogen (secondary N) is 3. The standard InChI is InChI=1S/C16H21N7O/c17-16(24)12-9-22-14(23-15-10-19-4-5-20-15)6-13(12)21-8-11-2-1-3-18-7-11/h4-6,9-11,18H,1-3,7-8H2,(H2,17,24)(H2,20,21,22,23). The van der Waals surface area contributed by atoms with Crippen molar-refractivity contribution in [2.24, 2.45) is 11.7 Å². The molecule has 5 N–H and O–H groups in total. The summed E-state index contributed by atoms with van der Waals surface area (Å²) in [6.45, 7) is 2.83. The number of carbonyl (C=O) groups is 1. The quantitative estimate of drug-likeness (QED) is 0.628. The van der Waals surface area contributed by atoms with Crippen LogP contribution in [-0.2, 0) is 0 Å². The molecule has 0 bridgehead atoms. The lowest BCUT2D eigenvalue weighted by Crippen LogP contribution is -2.33. The molecule has 0 radical (unpaired) electrons. The van der Waals surface area contributed by atoms with Crippen LogP contribution in [0.5, 0.6) is 0 Å². The number of piperidine rings is 1. The molecule has 8 heteroatoms. The maximum absolute atomic E-state index is 11.6. The number of amides is 1. The van der Waals surface area contributed by atoms with Gasteiger partial charge in [0.05, 0.1) is 17.4 Å². The summed E-state index contributed by atoms with van der Waals surface area (Å²) >= 11 is 0. The molecular weight excluding hydrogens is 306 g/mol. The largest absolute Gasteiger partial charge is 0.384 e. The SMILES string of the molecule is NC(=O)c1cnc(Nc2cnccn2)cc1NCC1CCCNC1. The van der Waals surface area contributed by atoms with Crippen LogP contribution < -0.4 is 21.7 Å². The maximum Gasteiger partial charge on any atom is 0.252 e. The number of anilines is 3. The van der Waals surface area contributed by atoms with Crippen LogP contribution in [0.15, 0.2) is 30.9 Å². The van der Waals surface area contributed by atoms with Crippen LogP contribution in [0.2, 0.25) is 0 Å². The molecule has 1 atom stereocenters. The van der Waals surface area contributed by atoms with Crippen molar-refractivity contribution in [1.29, 1.82) is 0 Å². The fraction of sp³-hybridized carbons (Fsp3) is 0.375. The van der Waals surface area contributed by atoms with Gasteiger partial charge in [0.1, 0.15) is 11.6 Å². The molecule has 1 fully saturated rings. The van der Waals surface area contributed by atoms with Gasteiger partial charge in [0, 0.05) is 31.2 Å². The van der Waals surface area contributed by atoms with Gasteiger partial charge in [-0.1, -0.05) is 0 Å². The third-order valence-corrected chi connectivity index (χ3v) is 3.97. The van der Waals surface area contributed by atoms with Gasteiger partial charge in [0.15, 0.2) is 0 Å². The molecule has 0 aromatic carbocycles. The zero-order valence-corrected chi connectivity index (χ0v) is 13.3. The molecule has 3 rings (SSSR count).